The molecule has 1 fully saturated rings. The van der Waals surface area contributed by atoms with Crippen LogP contribution in [0, 0.1) is 0 Å². The summed E-state index contributed by atoms with van der Waals surface area (Å²) < 4.78 is 22.7. The first-order chi connectivity index (χ1) is 20.4. The van der Waals surface area contributed by atoms with Gasteiger partial charge in [-0.25, -0.2) is 4.67 Å². The van der Waals surface area contributed by atoms with E-state index in [2.05, 4.69) is 173 Å². The van der Waals surface area contributed by atoms with E-state index in [0.717, 1.165) is 5.56 Å². The fourth-order valence-electron chi connectivity index (χ4n) is 5.62. The van der Waals surface area contributed by atoms with Crippen LogP contribution in [-0.2, 0) is 8.95 Å². The normalized spacial score (nSPS) is 22.1. The van der Waals surface area contributed by atoms with E-state index in [0.29, 0.717) is 0 Å². The molecule has 1 heterocycles. The predicted molar refractivity (Wildman–Crippen MR) is 193 cm³/mol. The molecule has 43 heavy (non-hydrogen) atoms. The summed E-state index contributed by atoms with van der Waals surface area (Å²) in [6.07, 6.45) is -0.0596. The molecule has 0 bridgehead atoms. The number of likely N-dealkylation sites (N-methyl/N-ethyl adjacent to an activating group) is 1. The molecule has 1 aliphatic rings. The maximum Gasteiger partial charge on any atom is 0.185 e. The Labute approximate surface area is 262 Å². The molecule has 5 rings (SSSR count). The van der Waals surface area contributed by atoms with Crippen molar-refractivity contribution in [2.75, 3.05) is 7.05 Å². The number of benzene rings is 4. The molecule has 0 saturated carbocycles. The van der Waals surface area contributed by atoms with Crippen LogP contribution in [0.4, 0.5) is 0 Å². The largest absolute Gasteiger partial charge is 0.402 e. The fourth-order valence-corrected chi connectivity index (χ4v) is 17.2. The zero-order chi connectivity index (χ0) is 30.8. The third-order valence-corrected chi connectivity index (χ3v) is 17.5. The Morgan fingerprint density at radius 1 is 0.721 bits per heavy atom. The van der Waals surface area contributed by atoms with Crippen LogP contribution in [0.3, 0.4) is 0 Å². The molecule has 0 aliphatic carbocycles. The van der Waals surface area contributed by atoms with Crippen LogP contribution in [0.5, 0.6) is 0 Å². The van der Waals surface area contributed by atoms with Gasteiger partial charge in [-0.2, -0.15) is 0 Å². The topological polar surface area (TPSA) is 34.1 Å². The van der Waals surface area contributed by atoms with Gasteiger partial charge in [-0.1, -0.05) is 115 Å². The minimum Gasteiger partial charge on any atom is -0.402 e. The van der Waals surface area contributed by atoms with Gasteiger partial charge < -0.3 is 13.4 Å². The van der Waals surface area contributed by atoms with Crippen LogP contribution >= 0.6 is 15.4 Å². The summed E-state index contributed by atoms with van der Waals surface area (Å²) >= 11 is 0. The third kappa shape index (κ3) is 7.40. The second-order valence-corrected chi connectivity index (χ2v) is 27.6. The molecule has 1 unspecified atom stereocenters. The average molecular weight is 645 g/mol. The van der Waals surface area contributed by atoms with Gasteiger partial charge in [-0.15, -0.1) is 0 Å². The van der Waals surface area contributed by atoms with Crippen LogP contribution in [0.2, 0.25) is 39.3 Å². The number of rotatable bonds is 9. The standard InChI is InChI=1S/C35H46N2O2P2Si2/c1-28-34(29-18-12-9-13-19-29)38-41(37(28)2,36-42(3,4)5)35(39-43(6,7)8)30-24-26-33(27-25-30)40(31-20-14-10-15-21-31)32-22-16-11-17-23-32/h9-28,34-35H,1-8H3/t28-,34-,35+,41?/m0/s1. The molecule has 226 valence electrons. The summed E-state index contributed by atoms with van der Waals surface area (Å²) in [6.45, 7) is 16.0. The zero-order valence-electron chi connectivity index (χ0n) is 26.8. The van der Waals surface area contributed by atoms with Crippen LogP contribution in [0.25, 0.3) is 0 Å². The fraction of sp³-hybridized carbons (Fsp3) is 0.314. The lowest BCUT2D eigenvalue weighted by atomic mass is 10.0. The Morgan fingerprint density at radius 3 is 1.65 bits per heavy atom. The van der Waals surface area contributed by atoms with Crippen molar-refractivity contribution in [1.29, 1.82) is 0 Å². The molecule has 0 N–H and O–H groups in total. The molecule has 0 radical (unpaired) electrons. The highest BCUT2D eigenvalue weighted by molar-refractivity contribution is 7.79. The molecule has 4 aromatic rings. The second kappa shape index (κ2) is 13.1. The van der Waals surface area contributed by atoms with Crippen molar-refractivity contribution in [3.8, 4) is 0 Å². The van der Waals surface area contributed by atoms with E-state index >= 15 is 0 Å². The number of hydrogen-bond acceptors (Lipinski definition) is 3. The molecule has 0 spiro atoms. The quantitative estimate of drug-likeness (QED) is 0.135. The molecular weight excluding hydrogens is 599 g/mol. The van der Waals surface area contributed by atoms with Crippen LogP contribution in [0.1, 0.15) is 30.0 Å². The molecule has 4 nitrogen and oxygen atoms in total. The van der Waals surface area contributed by atoms with Crippen molar-refractivity contribution in [2.24, 2.45) is 4.41 Å². The van der Waals surface area contributed by atoms with Crippen molar-refractivity contribution >= 4 is 47.8 Å². The number of hydrogen-bond donors (Lipinski definition) is 0. The second-order valence-electron chi connectivity index (χ2n) is 13.3. The molecule has 4 aromatic carbocycles. The highest BCUT2D eigenvalue weighted by Crippen LogP contribution is 2.73. The maximum absolute atomic E-state index is 7.32. The summed E-state index contributed by atoms with van der Waals surface area (Å²) in [6, 6.07) is 41.8. The molecule has 4 atom stereocenters. The van der Waals surface area contributed by atoms with Crippen LogP contribution < -0.4 is 15.9 Å². The van der Waals surface area contributed by atoms with E-state index in [-0.39, 0.29) is 18.0 Å². The van der Waals surface area contributed by atoms with E-state index in [9.17, 15) is 0 Å². The molecule has 0 aromatic heterocycles. The first kappa shape index (κ1) is 32.3. The lowest BCUT2D eigenvalue weighted by Gasteiger charge is -2.39. The Hall–Kier alpha value is -2.15. The van der Waals surface area contributed by atoms with E-state index in [1.165, 1.54) is 21.5 Å². The Balaban J connectivity index is 1.63. The highest BCUT2D eigenvalue weighted by Gasteiger charge is 2.51. The van der Waals surface area contributed by atoms with E-state index < -0.39 is 31.9 Å². The van der Waals surface area contributed by atoms with Gasteiger partial charge in [-0.05, 0) is 88.2 Å². The van der Waals surface area contributed by atoms with Gasteiger partial charge in [0.1, 0.15) is 11.9 Å². The lowest BCUT2D eigenvalue weighted by Crippen LogP contribution is -2.32. The van der Waals surface area contributed by atoms with Crippen LogP contribution in [-0.4, -0.2) is 34.3 Å². The first-order valence-corrected chi connectivity index (χ1v) is 25.0. The van der Waals surface area contributed by atoms with E-state index in [1.807, 2.05) is 0 Å². The van der Waals surface area contributed by atoms with Gasteiger partial charge in [-0.3, -0.25) is 0 Å². The molecule has 1 aliphatic heterocycles. The monoisotopic (exact) mass is 644 g/mol. The number of nitrogens with zero attached hydrogens (tertiary/aromatic N) is 2. The minimum absolute atomic E-state index is 0.0596. The first-order valence-electron chi connectivity index (χ1n) is 15.2. The van der Waals surface area contributed by atoms with Crippen molar-refractivity contribution in [2.45, 2.75) is 64.2 Å². The Morgan fingerprint density at radius 2 is 1.19 bits per heavy atom. The van der Waals surface area contributed by atoms with Crippen molar-refractivity contribution < 1.29 is 8.95 Å². The van der Waals surface area contributed by atoms with Crippen molar-refractivity contribution in [1.82, 2.24) is 4.67 Å². The smallest absolute Gasteiger partial charge is 0.185 e. The average Bonchev–Trinajstić information content (AvgIpc) is 3.22. The Bertz CT molecular complexity index is 1500. The molecule has 1 saturated heterocycles. The van der Waals surface area contributed by atoms with Gasteiger partial charge >= 0.3 is 0 Å². The summed E-state index contributed by atoms with van der Waals surface area (Å²) in [7, 11) is -5.00. The molecule has 8 heteroatoms. The SMILES string of the molecule is C[C@H]1[C@@H](c2ccccc2)OP(=N[Si](C)(C)C)([C@@H](O[Si](C)(C)C)c2ccc(P(c3ccccc3)c3ccccc3)cc2)N1C. The van der Waals surface area contributed by atoms with Gasteiger partial charge in [0, 0.05) is 6.04 Å². The van der Waals surface area contributed by atoms with Gasteiger partial charge in [0.15, 0.2) is 24.0 Å². The van der Waals surface area contributed by atoms with Crippen molar-refractivity contribution in [3.63, 3.8) is 0 Å². The highest BCUT2D eigenvalue weighted by atomic mass is 31.2. The third-order valence-electron chi connectivity index (χ3n) is 7.56. The zero-order valence-corrected chi connectivity index (χ0v) is 30.6. The predicted octanol–water partition coefficient (Wildman–Crippen LogP) is 9.25. The molecular formula is C35H46N2O2P2Si2. The van der Waals surface area contributed by atoms with Gasteiger partial charge in [0.25, 0.3) is 0 Å². The summed E-state index contributed by atoms with van der Waals surface area (Å²) in [5.41, 5.74) is 2.36. The summed E-state index contributed by atoms with van der Waals surface area (Å²) in [4.78, 5) is 0. The maximum atomic E-state index is 7.32. The van der Waals surface area contributed by atoms with E-state index in [1.54, 1.807) is 0 Å². The van der Waals surface area contributed by atoms with Gasteiger partial charge in [0.2, 0.25) is 0 Å². The summed E-state index contributed by atoms with van der Waals surface area (Å²) in [5.74, 6) is -0.249. The minimum atomic E-state index is -2.58. The lowest BCUT2D eigenvalue weighted by molar-refractivity contribution is 0.201. The van der Waals surface area contributed by atoms with E-state index in [4.69, 9.17) is 13.4 Å². The molecule has 0 amide bonds. The van der Waals surface area contributed by atoms with Crippen LogP contribution in [0.15, 0.2) is 120 Å². The van der Waals surface area contributed by atoms with Crippen molar-refractivity contribution in [3.05, 3.63) is 126 Å². The summed E-state index contributed by atoms with van der Waals surface area (Å²) in [5, 5.41) is 4.03. The Kier molecular flexibility index (Phi) is 9.80. The van der Waals surface area contributed by atoms with Gasteiger partial charge in [0.05, 0.1) is 0 Å².